The predicted octanol–water partition coefficient (Wildman–Crippen LogP) is 12.2. The summed E-state index contributed by atoms with van der Waals surface area (Å²) in [5.41, 5.74) is 0.496. The standard InChI is InChI=1S/C32H58Cl2/c1-3-5-7-9-11-13-15-17-28-19-23-30(24-20-28)27-31(32(30,33)34)25-21-29(22-26-31)18-16-14-12-10-8-6-4-2/h28-29H,3-27H2,1-2H3. The average Bonchev–Trinajstić information content (AvgIpc) is 2.85. The molecule has 200 valence electrons. The Morgan fingerprint density at radius 2 is 0.824 bits per heavy atom. The van der Waals surface area contributed by atoms with E-state index in [4.69, 9.17) is 23.2 Å². The molecule has 3 saturated carbocycles. The Kier molecular flexibility index (Phi) is 12.4. The van der Waals surface area contributed by atoms with Gasteiger partial charge in [-0.05, 0) is 69.6 Å². The van der Waals surface area contributed by atoms with Crippen molar-refractivity contribution in [1.82, 2.24) is 0 Å². The van der Waals surface area contributed by atoms with Crippen LogP contribution >= 0.6 is 23.2 Å². The third-order valence-corrected chi connectivity index (χ3v) is 12.2. The molecule has 3 fully saturated rings. The lowest BCUT2D eigenvalue weighted by Gasteiger charge is -2.69. The molecule has 0 N–H and O–H groups in total. The zero-order chi connectivity index (χ0) is 24.3. The molecule has 2 spiro atoms. The van der Waals surface area contributed by atoms with E-state index in [0.29, 0.717) is 0 Å². The maximum absolute atomic E-state index is 7.31. The second-order valence-electron chi connectivity index (χ2n) is 13.0. The van der Waals surface area contributed by atoms with Gasteiger partial charge >= 0.3 is 0 Å². The molecule has 0 nitrogen and oxygen atoms in total. The fourth-order valence-electron chi connectivity index (χ4n) is 8.13. The Hall–Kier alpha value is 0.580. The third-order valence-electron chi connectivity index (χ3n) is 10.6. The van der Waals surface area contributed by atoms with Crippen molar-refractivity contribution in [2.75, 3.05) is 0 Å². The van der Waals surface area contributed by atoms with Crippen LogP contribution in [0, 0.1) is 22.7 Å². The molecule has 0 radical (unpaired) electrons. The molecule has 0 heterocycles. The van der Waals surface area contributed by atoms with Gasteiger partial charge in [0.25, 0.3) is 0 Å². The van der Waals surface area contributed by atoms with Crippen molar-refractivity contribution < 1.29 is 0 Å². The molecule has 3 aliphatic carbocycles. The highest BCUT2D eigenvalue weighted by Gasteiger charge is 2.72. The fourth-order valence-corrected chi connectivity index (χ4v) is 9.15. The van der Waals surface area contributed by atoms with E-state index in [9.17, 15) is 0 Å². The van der Waals surface area contributed by atoms with E-state index in [0.717, 1.165) is 11.8 Å². The topological polar surface area (TPSA) is 0 Å². The van der Waals surface area contributed by atoms with E-state index in [2.05, 4.69) is 13.8 Å². The molecule has 0 amide bonds. The van der Waals surface area contributed by atoms with E-state index in [1.54, 1.807) is 0 Å². The fraction of sp³-hybridized carbons (Fsp3) is 1.00. The summed E-state index contributed by atoms with van der Waals surface area (Å²) in [5, 5.41) is 0. The van der Waals surface area contributed by atoms with Crippen LogP contribution in [0.2, 0.25) is 0 Å². The van der Waals surface area contributed by atoms with Gasteiger partial charge in [-0.2, -0.15) is 0 Å². The van der Waals surface area contributed by atoms with Crippen LogP contribution in [-0.2, 0) is 0 Å². The minimum absolute atomic E-state index is 0.248. The van der Waals surface area contributed by atoms with Crippen molar-refractivity contribution in [1.29, 1.82) is 0 Å². The summed E-state index contributed by atoms with van der Waals surface area (Å²) in [4.78, 5) is 0. The summed E-state index contributed by atoms with van der Waals surface area (Å²) < 4.78 is -0.450. The normalized spacial score (nSPS) is 32.8. The summed E-state index contributed by atoms with van der Waals surface area (Å²) >= 11 is 14.6. The van der Waals surface area contributed by atoms with E-state index in [1.807, 2.05) is 0 Å². The molecule has 3 rings (SSSR count). The SMILES string of the molecule is CCCCCCCCCC1CCC2(CC1)CC1(CCC(CCCCCCCCC)CC1)C2(Cl)Cl. The van der Waals surface area contributed by atoms with E-state index >= 15 is 0 Å². The Bertz CT molecular complexity index is 491. The molecule has 0 aromatic heterocycles. The van der Waals surface area contributed by atoms with Crippen LogP contribution < -0.4 is 0 Å². The molecular formula is C32H58Cl2. The molecule has 2 heteroatoms. The third kappa shape index (κ3) is 7.33. The predicted molar refractivity (Wildman–Crippen MR) is 153 cm³/mol. The number of hydrogen-bond donors (Lipinski definition) is 0. The first-order valence-electron chi connectivity index (χ1n) is 15.9. The maximum Gasteiger partial charge on any atom is 0.129 e. The van der Waals surface area contributed by atoms with Crippen LogP contribution in [0.25, 0.3) is 0 Å². The first kappa shape index (κ1) is 29.1. The second kappa shape index (κ2) is 14.5. The van der Waals surface area contributed by atoms with Crippen LogP contribution in [0.3, 0.4) is 0 Å². The van der Waals surface area contributed by atoms with Gasteiger partial charge in [-0.25, -0.2) is 0 Å². The number of alkyl halides is 2. The molecule has 0 aromatic carbocycles. The van der Waals surface area contributed by atoms with Crippen molar-refractivity contribution in [2.45, 2.75) is 179 Å². The summed E-state index contributed by atoms with van der Waals surface area (Å²) in [6, 6.07) is 0. The Morgan fingerprint density at radius 3 is 1.15 bits per heavy atom. The van der Waals surface area contributed by atoms with Crippen LogP contribution in [-0.4, -0.2) is 4.33 Å². The summed E-state index contributed by atoms with van der Waals surface area (Å²) in [7, 11) is 0. The molecule has 0 unspecified atom stereocenters. The summed E-state index contributed by atoms with van der Waals surface area (Å²) in [6.45, 7) is 4.61. The van der Waals surface area contributed by atoms with Gasteiger partial charge < -0.3 is 0 Å². The lowest BCUT2D eigenvalue weighted by molar-refractivity contribution is -0.115. The van der Waals surface area contributed by atoms with Gasteiger partial charge in [0.2, 0.25) is 0 Å². The van der Waals surface area contributed by atoms with Gasteiger partial charge in [0.05, 0.1) is 0 Å². The summed E-state index contributed by atoms with van der Waals surface area (Å²) in [6.07, 6.45) is 35.0. The van der Waals surface area contributed by atoms with Crippen LogP contribution in [0.5, 0.6) is 0 Å². The van der Waals surface area contributed by atoms with Gasteiger partial charge in [0, 0.05) is 10.8 Å². The molecule has 0 saturated heterocycles. The second-order valence-corrected chi connectivity index (χ2v) is 14.3. The molecular weight excluding hydrogens is 455 g/mol. The van der Waals surface area contributed by atoms with Crippen molar-refractivity contribution in [2.24, 2.45) is 22.7 Å². The van der Waals surface area contributed by atoms with Crippen molar-refractivity contribution in [3.8, 4) is 0 Å². The Balaban J connectivity index is 1.30. The highest BCUT2D eigenvalue weighted by atomic mass is 35.5. The number of halogens is 2. The van der Waals surface area contributed by atoms with E-state index in [-0.39, 0.29) is 10.8 Å². The average molecular weight is 514 g/mol. The zero-order valence-electron chi connectivity index (χ0n) is 23.1. The lowest BCUT2D eigenvalue weighted by Crippen LogP contribution is -2.66. The molecule has 0 bridgehead atoms. The zero-order valence-corrected chi connectivity index (χ0v) is 24.6. The smallest absolute Gasteiger partial charge is 0.100 e. The molecule has 34 heavy (non-hydrogen) atoms. The van der Waals surface area contributed by atoms with Crippen molar-refractivity contribution >= 4 is 23.2 Å². The first-order valence-corrected chi connectivity index (χ1v) is 16.6. The molecule has 0 aromatic rings. The lowest BCUT2D eigenvalue weighted by atomic mass is 9.43. The number of hydrogen-bond acceptors (Lipinski definition) is 0. The van der Waals surface area contributed by atoms with E-state index in [1.165, 1.54) is 161 Å². The molecule has 3 aliphatic rings. The van der Waals surface area contributed by atoms with Gasteiger partial charge in [-0.3, -0.25) is 0 Å². The van der Waals surface area contributed by atoms with Crippen molar-refractivity contribution in [3.05, 3.63) is 0 Å². The highest BCUT2D eigenvalue weighted by Crippen LogP contribution is 2.76. The number of rotatable bonds is 16. The van der Waals surface area contributed by atoms with Crippen molar-refractivity contribution in [3.63, 3.8) is 0 Å². The minimum Gasteiger partial charge on any atom is -0.100 e. The molecule has 0 atom stereocenters. The largest absolute Gasteiger partial charge is 0.129 e. The molecule has 0 aliphatic heterocycles. The highest BCUT2D eigenvalue weighted by molar-refractivity contribution is 6.50. The van der Waals surface area contributed by atoms with Gasteiger partial charge in [0.15, 0.2) is 0 Å². The first-order chi connectivity index (χ1) is 16.5. The van der Waals surface area contributed by atoms with Crippen LogP contribution in [0.4, 0.5) is 0 Å². The van der Waals surface area contributed by atoms with Gasteiger partial charge in [-0.1, -0.05) is 117 Å². The Labute approximate surface area is 224 Å². The minimum atomic E-state index is -0.450. The van der Waals surface area contributed by atoms with Crippen LogP contribution in [0.15, 0.2) is 0 Å². The number of unbranched alkanes of at least 4 members (excludes halogenated alkanes) is 12. The van der Waals surface area contributed by atoms with Gasteiger partial charge in [0.1, 0.15) is 4.33 Å². The Morgan fingerprint density at radius 1 is 0.500 bits per heavy atom. The van der Waals surface area contributed by atoms with E-state index < -0.39 is 4.33 Å². The quantitative estimate of drug-likeness (QED) is 0.142. The monoisotopic (exact) mass is 512 g/mol. The maximum atomic E-state index is 7.31. The van der Waals surface area contributed by atoms with Gasteiger partial charge in [-0.15, -0.1) is 23.2 Å². The summed E-state index contributed by atoms with van der Waals surface area (Å²) in [5.74, 6) is 1.89. The van der Waals surface area contributed by atoms with Crippen LogP contribution in [0.1, 0.15) is 174 Å².